The molecule has 0 aromatic carbocycles. The summed E-state index contributed by atoms with van der Waals surface area (Å²) in [6.07, 6.45) is 3.67. The zero-order valence-corrected chi connectivity index (χ0v) is 7.68. The SMILES string of the molecule is O=C(O)N[C@@]12CCCC[C@H]1CNC2. The molecule has 2 aliphatic rings. The molecule has 0 spiro atoms. The fourth-order valence-electron chi connectivity index (χ4n) is 2.73. The standard InChI is InChI=1S/C9H16N2O2/c12-8(13)11-9-4-2-1-3-7(9)5-10-6-9/h7,10-11H,1-6H2,(H,12,13)/t7-,9+/m0/s1. The summed E-state index contributed by atoms with van der Waals surface area (Å²) in [4.78, 5) is 10.7. The van der Waals surface area contributed by atoms with Gasteiger partial charge in [0.2, 0.25) is 0 Å². The van der Waals surface area contributed by atoms with Crippen molar-refractivity contribution in [2.75, 3.05) is 13.1 Å². The molecule has 0 aromatic rings. The second-order valence-corrected chi connectivity index (χ2v) is 4.16. The van der Waals surface area contributed by atoms with Gasteiger partial charge in [-0.05, 0) is 18.8 Å². The molecule has 3 N–H and O–H groups in total. The summed E-state index contributed by atoms with van der Waals surface area (Å²) in [6.45, 7) is 1.78. The quantitative estimate of drug-likeness (QED) is 0.564. The molecular weight excluding hydrogens is 168 g/mol. The minimum Gasteiger partial charge on any atom is -0.465 e. The third-order valence-corrected chi connectivity index (χ3v) is 3.39. The van der Waals surface area contributed by atoms with Crippen LogP contribution in [0.5, 0.6) is 0 Å². The Labute approximate surface area is 77.7 Å². The third-order valence-electron chi connectivity index (χ3n) is 3.39. The van der Waals surface area contributed by atoms with Crippen molar-refractivity contribution in [2.45, 2.75) is 31.2 Å². The van der Waals surface area contributed by atoms with Gasteiger partial charge in [0.1, 0.15) is 0 Å². The monoisotopic (exact) mass is 184 g/mol. The van der Waals surface area contributed by atoms with Crippen LogP contribution in [0.4, 0.5) is 4.79 Å². The van der Waals surface area contributed by atoms with Gasteiger partial charge in [-0.1, -0.05) is 12.8 Å². The number of fused-ring (bicyclic) bond motifs is 1. The van der Waals surface area contributed by atoms with Crippen molar-refractivity contribution < 1.29 is 9.90 Å². The van der Waals surface area contributed by atoms with Crippen LogP contribution in [0.25, 0.3) is 0 Å². The van der Waals surface area contributed by atoms with E-state index in [-0.39, 0.29) is 5.54 Å². The molecule has 2 atom stereocenters. The molecule has 13 heavy (non-hydrogen) atoms. The predicted molar refractivity (Wildman–Crippen MR) is 48.7 cm³/mol. The lowest BCUT2D eigenvalue weighted by Crippen LogP contribution is -2.55. The van der Waals surface area contributed by atoms with E-state index in [9.17, 15) is 4.79 Å². The Morgan fingerprint density at radius 2 is 2.38 bits per heavy atom. The molecule has 0 bridgehead atoms. The molecular formula is C9H16N2O2. The molecule has 0 aromatic heterocycles. The molecule has 4 nitrogen and oxygen atoms in total. The highest BCUT2D eigenvalue weighted by Crippen LogP contribution is 2.36. The van der Waals surface area contributed by atoms with E-state index in [0.29, 0.717) is 5.92 Å². The lowest BCUT2D eigenvalue weighted by atomic mass is 9.75. The minimum atomic E-state index is -0.879. The third kappa shape index (κ3) is 1.50. The molecule has 74 valence electrons. The molecule has 0 radical (unpaired) electrons. The first-order chi connectivity index (χ1) is 6.23. The maximum atomic E-state index is 10.7. The zero-order chi connectivity index (χ0) is 9.31. The Morgan fingerprint density at radius 1 is 1.54 bits per heavy atom. The van der Waals surface area contributed by atoms with Crippen molar-refractivity contribution in [2.24, 2.45) is 5.92 Å². The molecule has 1 aliphatic carbocycles. The van der Waals surface area contributed by atoms with E-state index < -0.39 is 6.09 Å². The number of nitrogens with one attached hydrogen (secondary N) is 2. The molecule has 4 heteroatoms. The molecule has 2 fully saturated rings. The second kappa shape index (κ2) is 3.18. The van der Waals surface area contributed by atoms with Gasteiger partial charge in [0.05, 0.1) is 5.54 Å². The lowest BCUT2D eigenvalue weighted by Gasteiger charge is -2.38. The maximum Gasteiger partial charge on any atom is 0.405 e. The molecule has 1 aliphatic heterocycles. The van der Waals surface area contributed by atoms with Crippen LogP contribution >= 0.6 is 0 Å². The van der Waals surface area contributed by atoms with Gasteiger partial charge < -0.3 is 15.7 Å². The number of amides is 1. The Bertz CT molecular complexity index is 220. The fourth-order valence-corrected chi connectivity index (χ4v) is 2.73. The van der Waals surface area contributed by atoms with Gasteiger partial charge in [0, 0.05) is 13.1 Å². The van der Waals surface area contributed by atoms with Crippen LogP contribution in [-0.2, 0) is 0 Å². The van der Waals surface area contributed by atoms with Crippen molar-refractivity contribution in [3.63, 3.8) is 0 Å². The highest BCUT2D eigenvalue weighted by Gasteiger charge is 2.45. The number of carbonyl (C=O) groups is 1. The van der Waals surface area contributed by atoms with Crippen LogP contribution in [0.2, 0.25) is 0 Å². The van der Waals surface area contributed by atoms with E-state index in [4.69, 9.17) is 5.11 Å². The number of hydrogen-bond donors (Lipinski definition) is 3. The van der Waals surface area contributed by atoms with E-state index in [2.05, 4.69) is 10.6 Å². The van der Waals surface area contributed by atoms with Gasteiger partial charge >= 0.3 is 6.09 Å². The van der Waals surface area contributed by atoms with Crippen LogP contribution in [0.15, 0.2) is 0 Å². The van der Waals surface area contributed by atoms with Crippen LogP contribution in [0.1, 0.15) is 25.7 Å². The molecule has 0 unspecified atom stereocenters. The Kier molecular flexibility index (Phi) is 2.15. The summed E-state index contributed by atoms with van der Waals surface area (Å²) < 4.78 is 0. The average molecular weight is 184 g/mol. The summed E-state index contributed by atoms with van der Waals surface area (Å²) in [5.41, 5.74) is -0.149. The highest BCUT2D eigenvalue weighted by molar-refractivity contribution is 5.66. The summed E-state index contributed by atoms with van der Waals surface area (Å²) in [7, 11) is 0. The molecule has 1 saturated carbocycles. The van der Waals surface area contributed by atoms with Gasteiger partial charge in [-0.3, -0.25) is 0 Å². The Balaban J connectivity index is 2.11. The average Bonchev–Trinajstić information content (AvgIpc) is 2.45. The Morgan fingerprint density at radius 3 is 3.15 bits per heavy atom. The van der Waals surface area contributed by atoms with Gasteiger partial charge in [0.25, 0.3) is 0 Å². The maximum absolute atomic E-state index is 10.7. The van der Waals surface area contributed by atoms with Gasteiger partial charge in [0.15, 0.2) is 0 Å². The van der Waals surface area contributed by atoms with Crippen molar-refractivity contribution in [1.29, 1.82) is 0 Å². The summed E-state index contributed by atoms with van der Waals surface area (Å²) in [5.74, 6) is 0.511. The molecule has 1 saturated heterocycles. The number of hydrogen-bond acceptors (Lipinski definition) is 2. The zero-order valence-electron chi connectivity index (χ0n) is 7.68. The van der Waals surface area contributed by atoms with E-state index >= 15 is 0 Å². The first kappa shape index (κ1) is 8.81. The summed E-state index contributed by atoms with van der Waals surface area (Å²) >= 11 is 0. The molecule has 1 heterocycles. The summed E-state index contributed by atoms with van der Waals surface area (Å²) in [5, 5.41) is 14.8. The number of rotatable bonds is 1. The lowest BCUT2D eigenvalue weighted by molar-refractivity contribution is 0.150. The van der Waals surface area contributed by atoms with Crippen molar-refractivity contribution in [1.82, 2.24) is 10.6 Å². The smallest absolute Gasteiger partial charge is 0.405 e. The van der Waals surface area contributed by atoms with Gasteiger partial charge in [-0.25, -0.2) is 4.79 Å². The number of carboxylic acid groups (broad SMARTS) is 1. The minimum absolute atomic E-state index is 0.149. The Hall–Kier alpha value is -0.770. The van der Waals surface area contributed by atoms with E-state index in [1.165, 1.54) is 6.42 Å². The van der Waals surface area contributed by atoms with Crippen molar-refractivity contribution in [3.05, 3.63) is 0 Å². The van der Waals surface area contributed by atoms with E-state index in [0.717, 1.165) is 32.4 Å². The fraction of sp³-hybridized carbons (Fsp3) is 0.889. The highest BCUT2D eigenvalue weighted by atomic mass is 16.4. The largest absolute Gasteiger partial charge is 0.465 e. The van der Waals surface area contributed by atoms with E-state index in [1.54, 1.807) is 0 Å². The van der Waals surface area contributed by atoms with Gasteiger partial charge in [-0.15, -0.1) is 0 Å². The predicted octanol–water partition coefficient (Wildman–Crippen LogP) is 0.786. The molecule has 1 amide bonds. The van der Waals surface area contributed by atoms with Crippen LogP contribution < -0.4 is 10.6 Å². The van der Waals surface area contributed by atoms with Crippen molar-refractivity contribution >= 4 is 6.09 Å². The first-order valence-electron chi connectivity index (χ1n) is 4.95. The van der Waals surface area contributed by atoms with Crippen LogP contribution in [0, 0.1) is 5.92 Å². The van der Waals surface area contributed by atoms with Crippen LogP contribution in [0.3, 0.4) is 0 Å². The van der Waals surface area contributed by atoms with Crippen molar-refractivity contribution in [3.8, 4) is 0 Å². The molecule has 2 rings (SSSR count). The first-order valence-corrected chi connectivity index (χ1v) is 4.95. The van der Waals surface area contributed by atoms with E-state index in [1.807, 2.05) is 0 Å². The topological polar surface area (TPSA) is 61.4 Å². The second-order valence-electron chi connectivity index (χ2n) is 4.16. The van der Waals surface area contributed by atoms with Gasteiger partial charge in [-0.2, -0.15) is 0 Å². The summed E-state index contributed by atoms with van der Waals surface area (Å²) in [6, 6.07) is 0. The normalized spacial score (nSPS) is 38.3. The van der Waals surface area contributed by atoms with Crippen LogP contribution in [-0.4, -0.2) is 29.8 Å².